The van der Waals surface area contributed by atoms with Gasteiger partial charge in [-0.1, -0.05) is 30.3 Å². The van der Waals surface area contributed by atoms with Crippen LogP contribution < -0.4 is 10.6 Å². The molecule has 1 aromatic rings. The van der Waals surface area contributed by atoms with Gasteiger partial charge in [0.25, 0.3) is 0 Å². The van der Waals surface area contributed by atoms with E-state index in [2.05, 4.69) is 17.2 Å². The largest absolute Gasteiger partial charge is 0.333 e. The lowest BCUT2D eigenvalue weighted by Gasteiger charge is -2.07. The van der Waals surface area contributed by atoms with E-state index in [-0.39, 0.29) is 12.3 Å². The molecule has 0 bridgehead atoms. The van der Waals surface area contributed by atoms with Crippen LogP contribution in [0.25, 0.3) is 0 Å². The van der Waals surface area contributed by atoms with Crippen LogP contribution >= 0.6 is 11.6 Å². The number of anilines is 1. The minimum atomic E-state index is -0.396. The Kier molecular flexibility index (Phi) is 4.72. The van der Waals surface area contributed by atoms with Gasteiger partial charge in [-0.3, -0.25) is 4.79 Å². The molecule has 0 aliphatic rings. The van der Waals surface area contributed by atoms with Crippen LogP contribution in [0, 0.1) is 0 Å². The van der Waals surface area contributed by atoms with Crippen molar-refractivity contribution in [2.75, 3.05) is 11.9 Å². The van der Waals surface area contributed by atoms with Crippen LogP contribution in [-0.4, -0.2) is 18.4 Å². The Morgan fingerprint density at radius 3 is 2.71 bits per heavy atom. The van der Waals surface area contributed by atoms with Crippen molar-refractivity contribution in [2.24, 2.45) is 0 Å². The van der Waals surface area contributed by atoms with Gasteiger partial charge in [-0.05, 0) is 19.1 Å². The summed E-state index contributed by atoms with van der Waals surface area (Å²) in [6, 6.07) is 6.30. The number of ketones is 1. The van der Waals surface area contributed by atoms with Crippen molar-refractivity contribution in [2.45, 2.75) is 6.92 Å². The monoisotopic (exact) mass is 252 g/mol. The van der Waals surface area contributed by atoms with Gasteiger partial charge in [-0.25, -0.2) is 4.79 Å². The third-order valence-electron chi connectivity index (χ3n) is 1.97. The first-order chi connectivity index (χ1) is 7.99. The van der Waals surface area contributed by atoms with E-state index in [4.69, 9.17) is 11.6 Å². The maximum Gasteiger partial charge on any atom is 0.319 e. The highest BCUT2D eigenvalue weighted by Gasteiger charge is 2.04. The number of nitrogens with one attached hydrogen (secondary N) is 2. The Hall–Kier alpha value is -1.81. The highest BCUT2D eigenvalue weighted by atomic mass is 35.5. The second kappa shape index (κ2) is 6.06. The molecule has 17 heavy (non-hydrogen) atoms. The Balaban J connectivity index is 2.62. The Labute approximate surface area is 105 Å². The van der Waals surface area contributed by atoms with Gasteiger partial charge in [0, 0.05) is 16.3 Å². The molecule has 2 amide bonds. The summed E-state index contributed by atoms with van der Waals surface area (Å²) in [5, 5.41) is 5.45. The predicted molar refractivity (Wildman–Crippen MR) is 68.5 cm³/mol. The van der Waals surface area contributed by atoms with E-state index < -0.39 is 6.03 Å². The van der Waals surface area contributed by atoms with E-state index in [0.717, 1.165) is 0 Å². The highest BCUT2D eigenvalue weighted by molar-refractivity contribution is 6.29. The topological polar surface area (TPSA) is 58.2 Å². The van der Waals surface area contributed by atoms with Crippen molar-refractivity contribution in [1.29, 1.82) is 0 Å². The van der Waals surface area contributed by atoms with Gasteiger partial charge in [-0.15, -0.1) is 0 Å². The predicted octanol–water partition coefficient (Wildman–Crippen LogP) is 2.76. The zero-order valence-corrected chi connectivity index (χ0v) is 10.2. The maximum absolute atomic E-state index is 11.4. The molecular formula is C12H13ClN2O2. The molecule has 0 spiro atoms. The molecule has 0 aliphatic carbocycles. The molecule has 0 unspecified atom stereocenters. The summed E-state index contributed by atoms with van der Waals surface area (Å²) in [6.07, 6.45) is 0. The standard InChI is InChI=1S/C12H13ClN2O2/c1-8(13)7-14-12(17)15-11-5-3-4-10(6-11)9(2)16/h3-6H,1,7H2,2H3,(H2,14,15,17). The van der Waals surface area contributed by atoms with Crippen LogP contribution in [0.1, 0.15) is 17.3 Å². The number of carbonyl (C=O) groups excluding carboxylic acids is 2. The molecule has 0 aromatic heterocycles. The fourth-order valence-corrected chi connectivity index (χ4v) is 1.23. The first-order valence-corrected chi connectivity index (χ1v) is 5.36. The summed E-state index contributed by atoms with van der Waals surface area (Å²) in [6.45, 7) is 5.11. The molecule has 0 fully saturated rings. The summed E-state index contributed by atoms with van der Waals surface area (Å²) in [7, 11) is 0. The third-order valence-corrected chi connectivity index (χ3v) is 2.10. The number of urea groups is 1. The van der Waals surface area contributed by atoms with Crippen molar-refractivity contribution in [3.63, 3.8) is 0 Å². The molecule has 90 valence electrons. The maximum atomic E-state index is 11.4. The Bertz CT molecular complexity index is 458. The summed E-state index contributed by atoms with van der Waals surface area (Å²) in [5.74, 6) is -0.0526. The van der Waals surface area contributed by atoms with E-state index in [0.29, 0.717) is 16.3 Å². The summed E-state index contributed by atoms with van der Waals surface area (Å²) in [4.78, 5) is 22.5. The number of hydrogen-bond donors (Lipinski definition) is 2. The summed E-state index contributed by atoms with van der Waals surface area (Å²) in [5.41, 5.74) is 1.10. The molecule has 4 nitrogen and oxygen atoms in total. The normalized spacial score (nSPS) is 9.53. The van der Waals surface area contributed by atoms with Crippen molar-refractivity contribution in [3.05, 3.63) is 41.4 Å². The SMILES string of the molecule is C=C(Cl)CNC(=O)Nc1cccc(C(C)=O)c1. The quantitative estimate of drug-likeness (QED) is 0.810. The number of hydrogen-bond acceptors (Lipinski definition) is 2. The number of Topliss-reactive ketones (excluding diaryl/α,β-unsaturated/α-hetero) is 1. The van der Waals surface area contributed by atoms with Crippen LogP contribution in [0.5, 0.6) is 0 Å². The molecule has 0 radical (unpaired) electrons. The molecular weight excluding hydrogens is 240 g/mol. The second-order valence-electron chi connectivity index (χ2n) is 3.46. The lowest BCUT2D eigenvalue weighted by molar-refractivity contribution is 0.101. The third kappa shape index (κ3) is 4.70. The number of rotatable bonds is 4. The van der Waals surface area contributed by atoms with Crippen LogP contribution in [0.4, 0.5) is 10.5 Å². The van der Waals surface area contributed by atoms with Crippen molar-refractivity contribution >= 4 is 29.1 Å². The first kappa shape index (κ1) is 13.3. The smallest absolute Gasteiger partial charge is 0.319 e. The van der Waals surface area contributed by atoms with E-state index in [1.165, 1.54) is 6.92 Å². The molecule has 0 atom stereocenters. The van der Waals surface area contributed by atoms with Gasteiger partial charge in [0.05, 0.1) is 6.54 Å². The van der Waals surface area contributed by atoms with Gasteiger partial charge in [0.1, 0.15) is 0 Å². The van der Waals surface area contributed by atoms with E-state index in [9.17, 15) is 9.59 Å². The van der Waals surface area contributed by atoms with Crippen LogP contribution in [0.2, 0.25) is 0 Å². The van der Waals surface area contributed by atoms with Gasteiger partial charge < -0.3 is 10.6 Å². The van der Waals surface area contributed by atoms with Crippen LogP contribution in [0.3, 0.4) is 0 Å². The molecule has 0 saturated carbocycles. The van der Waals surface area contributed by atoms with Gasteiger partial charge in [0.15, 0.2) is 5.78 Å². The molecule has 0 aliphatic heterocycles. The molecule has 1 aromatic carbocycles. The fraction of sp³-hybridized carbons (Fsp3) is 0.167. The van der Waals surface area contributed by atoms with Crippen LogP contribution in [-0.2, 0) is 0 Å². The van der Waals surface area contributed by atoms with Gasteiger partial charge >= 0.3 is 6.03 Å². The minimum Gasteiger partial charge on any atom is -0.333 e. The number of carbonyl (C=O) groups is 2. The number of benzene rings is 1. The highest BCUT2D eigenvalue weighted by Crippen LogP contribution is 2.10. The summed E-state index contributed by atoms with van der Waals surface area (Å²) < 4.78 is 0. The average molecular weight is 253 g/mol. The van der Waals surface area contributed by atoms with Crippen molar-refractivity contribution in [3.8, 4) is 0 Å². The van der Waals surface area contributed by atoms with E-state index >= 15 is 0 Å². The Morgan fingerprint density at radius 2 is 2.12 bits per heavy atom. The second-order valence-corrected chi connectivity index (χ2v) is 4.00. The molecule has 1 rings (SSSR count). The molecule has 0 heterocycles. The fourth-order valence-electron chi connectivity index (χ4n) is 1.17. The van der Waals surface area contributed by atoms with E-state index in [1.54, 1.807) is 24.3 Å². The first-order valence-electron chi connectivity index (χ1n) is 4.98. The zero-order chi connectivity index (χ0) is 12.8. The Morgan fingerprint density at radius 1 is 1.41 bits per heavy atom. The average Bonchev–Trinajstić information content (AvgIpc) is 2.26. The van der Waals surface area contributed by atoms with Gasteiger partial charge in [-0.2, -0.15) is 0 Å². The number of halogens is 1. The van der Waals surface area contributed by atoms with E-state index in [1.807, 2.05) is 0 Å². The van der Waals surface area contributed by atoms with Crippen molar-refractivity contribution < 1.29 is 9.59 Å². The summed E-state index contributed by atoms with van der Waals surface area (Å²) >= 11 is 5.51. The molecule has 2 N–H and O–H groups in total. The number of amides is 2. The zero-order valence-electron chi connectivity index (χ0n) is 9.42. The van der Waals surface area contributed by atoms with Crippen molar-refractivity contribution in [1.82, 2.24) is 5.32 Å². The minimum absolute atomic E-state index is 0.0526. The lowest BCUT2D eigenvalue weighted by Crippen LogP contribution is -2.29. The lowest BCUT2D eigenvalue weighted by atomic mass is 10.1. The van der Waals surface area contributed by atoms with Crippen LogP contribution in [0.15, 0.2) is 35.9 Å². The molecule has 0 saturated heterocycles. The van der Waals surface area contributed by atoms with Gasteiger partial charge in [0.2, 0.25) is 0 Å². The molecule has 5 heteroatoms.